The van der Waals surface area contributed by atoms with Gasteiger partial charge in [0.1, 0.15) is 5.25 Å². The number of fused-ring (bicyclic) bond motifs is 2. The molecule has 2 bridgehead atoms. The first kappa shape index (κ1) is 18.6. The van der Waals surface area contributed by atoms with Gasteiger partial charge in [-0.1, -0.05) is 48.5 Å². The van der Waals surface area contributed by atoms with Crippen LogP contribution in [0.4, 0.5) is 0 Å². The van der Waals surface area contributed by atoms with Crippen molar-refractivity contribution in [1.82, 2.24) is 9.55 Å². The molecule has 5 atom stereocenters. The van der Waals surface area contributed by atoms with E-state index in [4.69, 9.17) is 10.7 Å². The minimum Gasteiger partial charge on any atom is -0.368 e. The smallest absolute Gasteiger partial charge is 0.235 e. The lowest BCUT2D eigenvalue weighted by molar-refractivity contribution is -0.117. The number of nitrogens with zero attached hydrogens (tertiary/aromatic N) is 2. The molecule has 2 aromatic rings. The lowest BCUT2D eigenvalue weighted by Crippen LogP contribution is -2.24. The second kappa shape index (κ2) is 7.34. The van der Waals surface area contributed by atoms with Crippen LogP contribution in [0.5, 0.6) is 0 Å². The Morgan fingerprint density at radius 2 is 1.96 bits per heavy atom. The standard InChI is InChI=1S/C22H29N3OS/c1-13-14(2)25(15(3)19-12-16-9-10-18(19)11-16)22(24-13)27-20(21(23)26)17-7-5-4-6-8-17/h4-8,15-16,18-20H,9-12H2,1-3H3,(H2,23,26). The third-order valence-corrected chi connectivity index (χ3v) is 8.00. The molecule has 2 saturated carbocycles. The number of amides is 1. The Bertz CT molecular complexity index is 832. The van der Waals surface area contributed by atoms with E-state index in [9.17, 15) is 4.79 Å². The van der Waals surface area contributed by atoms with E-state index in [-0.39, 0.29) is 5.91 Å². The highest BCUT2D eigenvalue weighted by atomic mass is 32.2. The second-order valence-electron chi connectivity index (χ2n) is 8.33. The number of hydrogen-bond acceptors (Lipinski definition) is 3. The van der Waals surface area contributed by atoms with E-state index in [0.717, 1.165) is 34.2 Å². The Balaban J connectivity index is 1.65. The number of imidazole rings is 1. The van der Waals surface area contributed by atoms with Gasteiger partial charge < -0.3 is 10.3 Å². The van der Waals surface area contributed by atoms with Crippen LogP contribution in [0, 0.1) is 31.6 Å². The Labute approximate surface area is 165 Å². The van der Waals surface area contributed by atoms with Gasteiger partial charge in [-0.15, -0.1) is 0 Å². The molecule has 4 nitrogen and oxygen atoms in total. The molecule has 2 N–H and O–H groups in total. The van der Waals surface area contributed by atoms with Crippen LogP contribution in [-0.4, -0.2) is 15.5 Å². The number of rotatable bonds is 6. The van der Waals surface area contributed by atoms with E-state index in [1.165, 1.54) is 43.1 Å². The van der Waals surface area contributed by atoms with Crippen LogP contribution in [0.3, 0.4) is 0 Å². The summed E-state index contributed by atoms with van der Waals surface area (Å²) in [7, 11) is 0. The van der Waals surface area contributed by atoms with E-state index in [0.29, 0.717) is 6.04 Å². The normalized spacial score (nSPS) is 26.3. The number of carbonyl (C=O) groups is 1. The number of nitrogens with two attached hydrogens (primary N) is 1. The Morgan fingerprint density at radius 1 is 1.22 bits per heavy atom. The monoisotopic (exact) mass is 383 g/mol. The van der Waals surface area contributed by atoms with Crippen LogP contribution in [0.25, 0.3) is 0 Å². The molecule has 5 unspecified atom stereocenters. The lowest BCUT2D eigenvalue weighted by atomic mass is 9.84. The van der Waals surface area contributed by atoms with Gasteiger partial charge >= 0.3 is 0 Å². The zero-order chi connectivity index (χ0) is 19.1. The molecular formula is C22H29N3OS. The van der Waals surface area contributed by atoms with Gasteiger partial charge in [0.05, 0.1) is 5.69 Å². The maximum atomic E-state index is 12.2. The predicted molar refractivity (Wildman–Crippen MR) is 110 cm³/mol. The van der Waals surface area contributed by atoms with Crippen molar-refractivity contribution in [2.24, 2.45) is 23.5 Å². The molecule has 1 aromatic carbocycles. The molecule has 27 heavy (non-hydrogen) atoms. The molecule has 0 spiro atoms. The summed E-state index contributed by atoms with van der Waals surface area (Å²) < 4.78 is 2.38. The first-order valence-corrected chi connectivity index (χ1v) is 10.9. The van der Waals surface area contributed by atoms with Gasteiger partial charge in [-0.3, -0.25) is 4.79 Å². The maximum Gasteiger partial charge on any atom is 0.235 e. The molecule has 0 radical (unpaired) electrons. The fourth-order valence-electron chi connectivity index (χ4n) is 5.26. The molecule has 1 aromatic heterocycles. The Kier molecular flexibility index (Phi) is 5.06. The van der Waals surface area contributed by atoms with Crippen LogP contribution in [0.2, 0.25) is 0 Å². The summed E-state index contributed by atoms with van der Waals surface area (Å²) in [6, 6.07) is 10.2. The van der Waals surface area contributed by atoms with E-state index in [1.807, 2.05) is 30.3 Å². The zero-order valence-electron chi connectivity index (χ0n) is 16.4. The molecular weight excluding hydrogens is 354 g/mol. The summed E-state index contributed by atoms with van der Waals surface area (Å²) in [6.07, 6.45) is 5.53. The largest absolute Gasteiger partial charge is 0.368 e. The number of hydrogen-bond donors (Lipinski definition) is 1. The van der Waals surface area contributed by atoms with E-state index in [2.05, 4.69) is 25.3 Å². The van der Waals surface area contributed by atoms with Gasteiger partial charge in [0, 0.05) is 11.7 Å². The minimum absolute atomic E-state index is 0.316. The summed E-state index contributed by atoms with van der Waals surface area (Å²) in [6.45, 7) is 6.55. The summed E-state index contributed by atoms with van der Waals surface area (Å²) >= 11 is 1.50. The van der Waals surface area contributed by atoms with Gasteiger partial charge in [0.15, 0.2) is 5.16 Å². The average molecular weight is 384 g/mol. The first-order chi connectivity index (χ1) is 13.0. The summed E-state index contributed by atoms with van der Waals surface area (Å²) in [5.41, 5.74) is 8.96. The van der Waals surface area contributed by atoms with Crippen LogP contribution in [-0.2, 0) is 4.79 Å². The lowest BCUT2D eigenvalue weighted by Gasteiger charge is -2.31. The molecule has 5 heteroatoms. The molecule has 2 aliphatic rings. The summed E-state index contributed by atoms with van der Waals surface area (Å²) in [4.78, 5) is 17.0. The molecule has 4 rings (SSSR count). The van der Waals surface area contributed by atoms with Crippen molar-refractivity contribution < 1.29 is 4.79 Å². The van der Waals surface area contributed by atoms with Crippen molar-refractivity contribution in [3.8, 4) is 0 Å². The molecule has 2 fully saturated rings. The summed E-state index contributed by atoms with van der Waals surface area (Å²) in [5, 5.41) is 0.506. The quantitative estimate of drug-likeness (QED) is 0.728. The van der Waals surface area contributed by atoms with Crippen molar-refractivity contribution in [2.45, 2.75) is 62.9 Å². The van der Waals surface area contributed by atoms with E-state index >= 15 is 0 Å². The highest BCUT2D eigenvalue weighted by Crippen LogP contribution is 2.53. The SMILES string of the molecule is Cc1nc(SC(C(N)=O)c2ccccc2)n(C(C)C2CC3CCC2C3)c1C. The number of aryl methyl sites for hydroxylation is 1. The van der Waals surface area contributed by atoms with Gasteiger partial charge in [-0.25, -0.2) is 4.98 Å². The van der Waals surface area contributed by atoms with Gasteiger partial charge in [0.25, 0.3) is 0 Å². The van der Waals surface area contributed by atoms with Crippen molar-refractivity contribution in [1.29, 1.82) is 0 Å². The van der Waals surface area contributed by atoms with Crippen molar-refractivity contribution in [3.05, 3.63) is 47.3 Å². The fourth-order valence-corrected chi connectivity index (χ4v) is 6.49. The van der Waals surface area contributed by atoms with Crippen molar-refractivity contribution >= 4 is 17.7 Å². The molecule has 0 aliphatic heterocycles. The number of aromatic nitrogens is 2. The first-order valence-electron chi connectivity index (χ1n) is 10.0. The van der Waals surface area contributed by atoms with E-state index in [1.54, 1.807) is 0 Å². The molecule has 1 amide bonds. The third kappa shape index (κ3) is 3.42. The summed E-state index contributed by atoms with van der Waals surface area (Å²) in [5.74, 6) is 2.18. The molecule has 1 heterocycles. The highest BCUT2D eigenvalue weighted by Gasteiger charge is 2.43. The topological polar surface area (TPSA) is 60.9 Å². The molecule has 144 valence electrons. The zero-order valence-corrected chi connectivity index (χ0v) is 17.2. The van der Waals surface area contributed by atoms with Gasteiger partial charge in [-0.05, 0) is 63.4 Å². The molecule has 0 saturated heterocycles. The average Bonchev–Trinajstić information content (AvgIpc) is 3.35. The van der Waals surface area contributed by atoms with Crippen LogP contribution >= 0.6 is 11.8 Å². The number of thioether (sulfide) groups is 1. The third-order valence-electron chi connectivity index (χ3n) is 6.76. The van der Waals surface area contributed by atoms with Crippen molar-refractivity contribution in [2.75, 3.05) is 0 Å². The van der Waals surface area contributed by atoms with Crippen LogP contribution in [0.15, 0.2) is 35.5 Å². The number of carbonyl (C=O) groups excluding carboxylic acids is 1. The van der Waals surface area contributed by atoms with Crippen LogP contribution in [0.1, 0.15) is 60.9 Å². The predicted octanol–water partition coefficient (Wildman–Crippen LogP) is 4.82. The maximum absolute atomic E-state index is 12.2. The van der Waals surface area contributed by atoms with E-state index < -0.39 is 5.25 Å². The second-order valence-corrected chi connectivity index (χ2v) is 9.40. The van der Waals surface area contributed by atoms with Crippen molar-refractivity contribution in [3.63, 3.8) is 0 Å². The highest BCUT2D eigenvalue weighted by molar-refractivity contribution is 8.00. The fraction of sp³-hybridized carbons (Fsp3) is 0.545. The minimum atomic E-state index is -0.418. The van der Waals surface area contributed by atoms with Gasteiger partial charge in [-0.2, -0.15) is 0 Å². The van der Waals surface area contributed by atoms with Gasteiger partial charge in [0.2, 0.25) is 5.91 Å². The Hall–Kier alpha value is -1.75. The molecule has 2 aliphatic carbocycles. The Morgan fingerprint density at radius 3 is 2.56 bits per heavy atom. The van der Waals surface area contributed by atoms with Crippen LogP contribution < -0.4 is 5.73 Å². The number of primary amides is 1. The number of benzene rings is 1.